The van der Waals surface area contributed by atoms with Gasteiger partial charge in [-0.15, -0.1) is 0 Å². The maximum Gasteiger partial charge on any atom is 0.271 e. The lowest BCUT2D eigenvalue weighted by Crippen LogP contribution is -2.17. The van der Waals surface area contributed by atoms with E-state index in [0.717, 1.165) is 6.07 Å². The monoisotopic (exact) mass is 360 g/mol. The summed E-state index contributed by atoms with van der Waals surface area (Å²) in [4.78, 5) is 22.2. The Labute approximate surface area is 153 Å². The van der Waals surface area contributed by atoms with Crippen LogP contribution in [0.5, 0.6) is 0 Å². The number of furan rings is 1. The van der Waals surface area contributed by atoms with Crippen molar-refractivity contribution in [2.24, 2.45) is 5.10 Å². The van der Waals surface area contributed by atoms with Crippen LogP contribution in [0.4, 0.5) is 5.69 Å². The molecule has 0 fully saturated rings. The SMILES string of the molecule is N#Cc1ccccc1-c1ccc(/C=N\NC(=O)c2cccc([N+](=O)[O-])c2)o1. The highest BCUT2D eigenvalue weighted by Crippen LogP contribution is 2.24. The van der Waals surface area contributed by atoms with Crippen LogP contribution in [0, 0.1) is 21.4 Å². The fraction of sp³-hybridized carbons (Fsp3) is 0. The summed E-state index contributed by atoms with van der Waals surface area (Å²) in [6, 6.07) is 17.8. The number of nitro groups is 1. The normalized spacial score (nSPS) is 10.5. The molecule has 0 radical (unpaired) electrons. The maximum absolute atomic E-state index is 12.0. The number of rotatable bonds is 5. The fourth-order valence-electron chi connectivity index (χ4n) is 2.34. The van der Waals surface area contributed by atoms with Crippen LogP contribution in [0.1, 0.15) is 21.7 Å². The minimum atomic E-state index is -0.587. The summed E-state index contributed by atoms with van der Waals surface area (Å²) >= 11 is 0. The number of nitriles is 1. The number of nitrogens with one attached hydrogen (secondary N) is 1. The fourth-order valence-corrected chi connectivity index (χ4v) is 2.34. The molecular formula is C19H12N4O4. The number of hydrogen-bond acceptors (Lipinski definition) is 6. The van der Waals surface area contributed by atoms with E-state index in [4.69, 9.17) is 9.68 Å². The van der Waals surface area contributed by atoms with Crippen LogP contribution in [0.3, 0.4) is 0 Å². The van der Waals surface area contributed by atoms with Crippen molar-refractivity contribution in [2.45, 2.75) is 0 Å². The molecule has 0 spiro atoms. The second kappa shape index (κ2) is 7.76. The van der Waals surface area contributed by atoms with Gasteiger partial charge in [0.15, 0.2) is 0 Å². The van der Waals surface area contributed by atoms with Gasteiger partial charge in [-0.3, -0.25) is 14.9 Å². The minimum absolute atomic E-state index is 0.115. The van der Waals surface area contributed by atoms with Gasteiger partial charge < -0.3 is 4.42 Å². The molecule has 1 aromatic heterocycles. The van der Waals surface area contributed by atoms with E-state index in [1.54, 1.807) is 36.4 Å². The van der Waals surface area contributed by atoms with Crippen molar-refractivity contribution in [2.75, 3.05) is 0 Å². The molecule has 0 saturated carbocycles. The third-order valence-electron chi connectivity index (χ3n) is 3.62. The zero-order valence-corrected chi connectivity index (χ0v) is 13.8. The van der Waals surface area contributed by atoms with Crippen molar-refractivity contribution in [3.63, 3.8) is 0 Å². The highest BCUT2D eigenvalue weighted by Gasteiger charge is 2.11. The van der Waals surface area contributed by atoms with E-state index in [1.807, 2.05) is 0 Å². The van der Waals surface area contributed by atoms with E-state index in [-0.39, 0.29) is 11.3 Å². The molecule has 8 nitrogen and oxygen atoms in total. The number of amides is 1. The summed E-state index contributed by atoms with van der Waals surface area (Å²) in [5, 5.41) is 23.7. The van der Waals surface area contributed by atoms with Gasteiger partial charge in [-0.25, -0.2) is 5.43 Å². The molecule has 0 aliphatic carbocycles. The van der Waals surface area contributed by atoms with Gasteiger partial charge in [0.2, 0.25) is 0 Å². The first-order valence-electron chi connectivity index (χ1n) is 7.75. The van der Waals surface area contributed by atoms with Gasteiger partial charge in [0.1, 0.15) is 11.5 Å². The summed E-state index contributed by atoms with van der Waals surface area (Å²) in [6.45, 7) is 0. The van der Waals surface area contributed by atoms with Crippen LogP contribution in [-0.4, -0.2) is 17.0 Å². The van der Waals surface area contributed by atoms with E-state index in [9.17, 15) is 14.9 Å². The number of non-ortho nitro benzene ring substituents is 1. The van der Waals surface area contributed by atoms with Crippen molar-refractivity contribution in [3.05, 3.63) is 87.7 Å². The molecule has 2 aromatic carbocycles. The van der Waals surface area contributed by atoms with Gasteiger partial charge in [0, 0.05) is 23.3 Å². The highest BCUT2D eigenvalue weighted by molar-refractivity contribution is 5.95. The molecule has 1 heterocycles. The first-order chi connectivity index (χ1) is 13.1. The topological polar surface area (TPSA) is 122 Å². The number of carbonyl (C=O) groups excluding carboxylic acids is 1. The summed E-state index contributed by atoms with van der Waals surface area (Å²) < 4.78 is 5.61. The zero-order chi connectivity index (χ0) is 19.2. The predicted molar refractivity (Wildman–Crippen MR) is 97.0 cm³/mol. The molecule has 0 unspecified atom stereocenters. The predicted octanol–water partition coefficient (Wildman–Crippen LogP) is 3.49. The Morgan fingerprint density at radius 1 is 1.19 bits per heavy atom. The molecule has 1 amide bonds. The molecule has 27 heavy (non-hydrogen) atoms. The van der Waals surface area contributed by atoms with Crippen LogP contribution in [0.25, 0.3) is 11.3 Å². The van der Waals surface area contributed by atoms with Crippen molar-refractivity contribution in [1.29, 1.82) is 5.26 Å². The molecule has 3 aromatic rings. The van der Waals surface area contributed by atoms with E-state index >= 15 is 0 Å². The Kier molecular flexibility index (Phi) is 5.05. The number of benzene rings is 2. The highest BCUT2D eigenvalue weighted by atomic mass is 16.6. The van der Waals surface area contributed by atoms with Gasteiger partial charge in [-0.05, 0) is 30.3 Å². The number of hydrogen-bond donors (Lipinski definition) is 1. The lowest BCUT2D eigenvalue weighted by Gasteiger charge is -2.00. The standard InChI is InChI=1S/C19H12N4O4/c20-11-14-4-1-2-7-17(14)18-9-8-16(27-18)12-21-22-19(24)13-5-3-6-15(10-13)23(25)26/h1-10,12H,(H,22,24)/b21-12-. The minimum Gasteiger partial charge on any atom is -0.455 e. The lowest BCUT2D eigenvalue weighted by atomic mass is 10.1. The van der Waals surface area contributed by atoms with Crippen LogP contribution < -0.4 is 5.43 Å². The average molecular weight is 360 g/mol. The molecule has 0 bridgehead atoms. The first kappa shape index (κ1) is 17.6. The third kappa shape index (κ3) is 4.05. The molecule has 0 aliphatic rings. The molecule has 132 valence electrons. The Bertz CT molecular complexity index is 1080. The van der Waals surface area contributed by atoms with Gasteiger partial charge in [0.05, 0.1) is 22.8 Å². The number of carbonyl (C=O) groups is 1. The largest absolute Gasteiger partial charge is 0.455 e. The van der Waals surface area contributed by atoms with E-state index in [0.29, 0.717) is 22.6 Å². The van der Waals surface area contributed by atoms with Crippen molar-refractivity contribution >= 4 is 17.8 Å². The van der Waals surface area contributed by atoms with E-state index < -0.39 is 10.8 Å². The summed E-state index contributed by atoms with van der Waals surface area (Å²) in [5.74, 6) is 0.284. The first-order valence-corrected chi connectivity index (χ1v) is 7.75. The summed E-state index contributed by atoms with van der Waals surface area (Å²) in [5.41, 5.74) is 3.35. The molecular weight excluding hydrogens is 348 g/mol. The Morgan fingerprint density at radius 2 is 2.00 bits per heavy atom. The molecule has 8 heteroatoms. The van der Waals surface area contributed by atoms with Gasteiger partial charge >= 0.3 is 0 Å². The van der Waals surface area contributed by atoms with Gasteiger partial charge in [-0.2, -0.15) is 10.4 Å². The molecule has 0 atom stereocenters. The smallest absolute Gasteiger partial charge is 0.271 e. The van der Waals surface area contributed by atoms with Gasteiger partial charge in [0.25, 0.3) is 11.6 Å². The second-order valence-corrected chi connectivity index (χ2v) is 5.37. The maximum atomic E-state index is 12.0. The summed E-state index contributed by atoms with van der Waals surface area (Å²) in [6.07, 6.45) is 1.30. The average Bonchev–Trinajstić information content (AvgIpc) is 3.16. The van der Waals surface area contributed by atoms with Crippen LogP contribution >= 0.6 is 0 Å². The zero-order valence-electron chi connectivity index (χ0n) is 13.8. The Morgan fingerprint density at radius 3 is 2.78 bits per heavy atom. The quantitative estimate of drug-likeness (QED) is 0.424. The number of nitrogens with zero attached hydrogens (tertiary/aromatic N) is 3. The van der Waals surface area contributed by atoms with Crippen LogP contribution in [0.2, 0.25) is 0 Å². The van der Waals surface area contributed by atoms with Crippen LogP contribution in [-0.2, 0) is 0 Å². The van der Waals surface area contributed by atoms with Gasteiger partial charge in [-0.1, -0.05) is 18.2 Å². The number of hydrazone groups is 1. The van der Waals surface area contributed by atoms with E-state index in [2.05, 4.69) is 16.6 Å². The second-order valence-electron chi connectivity index (χ2n) is 5.37. The Balaban J connectivity index is 1.70. The van der Waals surface area contributed by atoms with Crippen LogP contribution in [0.15, 0.2) is 70.2 Å². The van der Waals surface area contributed by atoms with Crippen molar-refractivity contribution in [1.82, 2.24) is 5.43 Å². The molecule has 3 rings (SSSR count). The number of nitro benzene ring substituents is 1. The van der Waals surface area contributed by atoms with E-state index in [1.165, 1.54) is 24.4 Å². The molecule has 0 saturated heterocycles. The van der Waals surface area contributed by atoms with Crippen molar-refractivity contribution in [3.8, 4) is 17.4 Å². The molecule has 0 aliphatic heterocycles. The lowest BCUT2D eigenvalue weighted by molar-refractivity contribution is -0.384. The van der Waals surface area contributed by atoms with Crippen molar-refractivity contribution < 1.29 is 14.1 Å². The molecule has 1 N–H and O–H groups in total. The summed E-state index contributed by atoms with van der Waals surface area (Å²) in [7, 11) is 0. The third-order valence-corrected chi connectivity index (χ3v) is 3.62. The Hall–Kier alpha value is -4.25.